The van der Waals surface area contributed by atoms with Crippen LogP contribution in [0.15, 0.2) is 29.6 Å². The number of aliphatic hydroxyl groups excluding tert-OH is 1. The first kappa shape index (κ1) is 12.6. The third-order valence-electron chi connectivity index (χ3n) is 3.60. The molecule has 0 amide bonds. The lowest BCUT2D eigenvalue weighted by atomic mass is 10.1. The van der Waals surface area contributed by atoms with Crippen molar-refractivity contribution in [2.24, 2.45) is 0 Å². The molecule has 0 saturated heterocycles. The minimum atomic E-state index is -0.631. The largest absolute Gasteiger partial charge is 0.389 e. The second-order valence-corrected chi connectivity index (χ2v) is 5.93. The number of benzene rings is 1. The second-order valence-electron chi connectivity index (χ2n) is 4.93. The number of halogens is 1. The highest BCUT2D eigenvalue weighted by atomic mass is 32.1. The molecule has 1 aliphatic heterocycles. The van der Waals surface area contributed by atoms with E-state index >= 15 is 0 Å². The van der Waals surface area contributed by atoms with Gasteiger partial charge in [0.2, 0.25) is 0 Å². The number of aliphatic hydroxyl groups is 1. The smallest absolute Gasteiger partial charge is 0.146 e. The molecular formula is C15H16FNOS. The summed E-state index contributed by atoms with van der Waals surface area (Å²) in [6.45, 7) is 3.26. The van der Waals surface area contributed by atoms with Crippen molar-refractivity contribution in [3.8, 4) is 0 Å². The fourth-order valence-electron chi connectivity index (χ4n) is 2.49. The topological polar surface area (TPSA) is 23.5 Å². The van der Waals surface area contributed by atoms with Crippen molar-refractivity contribution in [3.63, 3.8) is 0 Å². The van der Waals surface area contributed by atoms with Gasteiger partial charge in [-0.2, -0.15) is 0 Å². The van der Waals surface area contributed by atoms with Crippen LogP contribution in [0.2, 0.25) is 0 Å². The Morgan fingerprint density at radius 2 is 2.21 bits per heavy atom. The third-order valence-corrected chi connectivity index (χ3v) is 4.63. The monoisotopic (exact) mass is 277 g/mol. The third kappa shape index (κ3) is 2.38. The minimum Gasteiger partial charge on any atom is -0.389 e. The van der Waals surface area contributed by atoms with Crippen LogP contribution >= 0.6 is 11.3 Å². The van der Waals surface area contributed by atoms with Crippen molar-refractivity contribution in [1.82, 2.24) is 0 Å². The lowest BCUT2D eigenvalue weighted by Gasteiger charge is -2.29. The molecule has 1 aromatic heterocycles. The summed E-state index contributed by atoms with van der Waals surface area (Å²) in [5, 5.41) is 11.6. The van der Waals surface area contributed by atoms with Crippen LogP contribution in [0.4, 0.5) is 10.1 Å². The molecule has 0 radical (unpaired) electrons. The Kier molecular flexibility index (Phi) is 3.29. The summed E-state index contributed by atoms with van der Waals surface area (Å²) in [5.41, 5.74) is 2.55. The van der Waals surface area contributed by atoms with Gasteiger partial charge >= 0.3 is 0 Å². The van der Waals surface area contributed by atoms with E-state index in [-0.39, 0.29) is 5.82 Å². The lowest BCUT2D eigenvalue weighted by molar-refractivity contribution is 0.199. The van der Waals surface area contributed by atoms with Crippen LogP contribution in [0, 0.1) is 5.82 Å². The maximum Gasteiger partial charge on any atom is 0.146 e. The lowest BCUT2D eigenvalue weighted by Crippen LogP contribution is -2.30. The van der Waals surface area contributed by atoms with Gasteiger partial charge in [0, 0.05) is 18.0 Å². The van der Waals surface area contributed by atoms with Crippen molar-refractivity contribution in [1.29, 1.82) is 0 Å². The molecule has 2 aromatic rings. The number of nitrogens with zero attached hydrogens (tertiary/aromatic N) is 1. The second kappa shape index (κ2) is 4.94. The highest BCUT2D eigenvalue weighted by molar-refractivity contribution is 7.10. The highest BCUT2D eigenvalue weighted by Crippen LogP contribution is 2.30. The average molecular weight is 277 g/mol. The first-order valence-electron chi connectivity index (χ1n) is 6.43. The quantitative estimate of drug-likeness (QED) is 0.908. The molecule has 0 fully saturated rings. The van der Waals surface area contributed by atoms with Crippen LogP contribution in [0.1, 0.15) is 29.0 Å². The predicted molar refractivity (Wildman–Crippen MR) is 76.1 cm³/mol. The Balaban J connectivity index is 1.88. The maximum atomic E-state index is 14.1. The van der Waals surface area contributed by atoms with E-state index in [1.165, 1.54) is 16.5 Å². The number of thiophene rings is 1. The minimum absolute atomic E-state index is 0.253. The van der Waals surface area contributed by atoms with Crippen molar-refractivity contribution in [3.05, 3.63) is 51.5 Å². The van der Waals surface area contributed by atoms with Gasteiger partial charge in [0.05, 0.1) is 11.8 Å². The first-order valence-corrected chi connectivity index (χ1v) is 7.31. The standard InChI is InChI=1S/C15H16FNOS/c1-10(18)11-2-3-14(13(16)8-11)17-6-4-15-12(9-17)5-7-19-15/h2-3,5,7-8,10,18H,4,6,9H2,1H3/t10-/m1/s1. The molecule has 19 heavy (non-hydrogen) atoms. The Bertz CT molecular complexity index is 594. The van der Waals surface area contributed by atoms with Gasteiger partial charge in [-0.3, -0.25) is 0 Å². The fraction of sp³-hybridized carbons (Fsp3) is 0.333. The molecule has 1 aromatic carbocycles. The van der Waals surface area contributed by atoms with E-state index in [4.69, 9.17) is 0 Å². The Morgan fingerprint density at radius 3 is 2.95 bits per heavy atom. The maximum absolute atomic E-state index is 14.1. The van der Waals surface area contributed by atoms with Gasteiger partial charge in [-0.05, 0) is 48.1 Å². The number of fused-ring (bicyclic) bond motifs is 1. The van der Waals surface area contributed by atoms with E-state index in [1.807, 2.05) is 0 Å². The number of rotatable bonds is 2. The Labute approximate surface area is 116 Å². The Hall–Kier alpha value is -1.39. The van der Waals surface area contributed by atoms with Crippen molar-refractivity contribution < 1.29 is 9.50 Å². The number of hydrogen-bond donors (Lipinski definition) is 1. The zero-order chi connectivity index (χ0) is 13.4. The zero-order valence-electron chi connectivity index (χ0n) is 10.8. The van der Waals surface area contributed by atoms with E-state index in [1.54, 1.807) is 30.4 Å². The van der Waals surface area contributed by atoms with E-state index in [2.05, 4.69) is 16.3 Å². The molecule has 0 aliphatic carbocycles. The van der Waals surface area contributed by atoms with E-state index in [0.29, 0.717) is 11.3 Å². The average Bonchev–Trinajstić information content (AvgIpc) is 2.85. The molecular weight excluding hydrogens is 261 g/mol. The van der Waals surface area contributed by atoms with E-state index in [9.17, 15) is 9.50 Å². The molecule has 0 bridgehead atoms. The molecule has 2 nitrogen and oxygen atoms in total. The van der Waals surface area contributed by atoms with Crippen LogP contribution in [-0.4, -0.2) is 11.7 Å². The highest BCUT2D eigenvalue weighted by Gasteiger charge is 2.20. The molecule has 1 N–H and O–H groups in total. The molecule has 3 rings (SSSR count). The number of anilines is 1. The summed E-state index contributed by atoms with van der Waals surface area (Å²) < 4.78 is 14.1. The van der Waals surface area contributed by atoms with Gasteiger partial charge in [-0.25, -0.2) is 4.39 Å². The van der Waals surface area contributed by atoms with E-state index in [0.717, 1.165) is 19.5 Å². The predicted octanol–water partition coefficient (Wildman–Crippen LogP) is 3.50. The van der Waals surface area contributed by atoms with Crippen LogP contribution in [0.25, 0.3) is 0 Å². The summed E-state index contributed by atoms with van der Waals surface area (Å²) in [4.78, 5) is 3.48. The number of hydrogen-bond acceptors (Lipinski definition) is 3. The molecule has 0 spiro atoms. The van der Waals surface area contributed by atoms with Gasteiger partial charge in [-0.15, -0.1) is 11.3 Å². The van der Waals surface area contributed by atoms with Crippen molar-refractivity contribution in [2.75, 3.05) is 11.4 Å². The summed E-state index contributed by atoms with van der Waals surface area (Å²) in [6.07, 6.45) is 0.346. The summed E-state index contributed by atoms with van der Waals surface area (Å²) in [7, 11) is 0. The van der Waals surface area contributed by atoms with Gasteiger partial charge in [0.15, 0.2) is 0 Å². The fourth-order valence-corrected chi connectivity index (χ4v) is 3.38. The van der Waals surface area contributed by atoms with Crippen LogP contribution in [-0.2, 0) is 13.0 Å². The normalized spacial score (nSPS) is 16.3. The molecule has 2 heterocycles. The molecule has 100 valence electrons. The van der Waals surface area contributed by atoms with Gasteiger partial charge in [0.1, 0.15) is 5.82 Å². The molecule has 4 heteroatoms. The van der Waals surface area contributed by atoms with Gasteiger partial charge in [-0.1, -0.05) is 6.07 Å². The first-order chi connectivity index (χ1) is 9.15. The SMILES string of the molecule is C[C@@H](O)c1ccc(N2CCc3sccc3C2)c(F)c1. The summed E-state index contributed by atoms with van der Waals surface area (Å²) in [5.74, 6) is -0.253. The zero-order valence-corrected chi connectivity index (χ0v) is 11.6. The van der Waals surface area contributed by atoms with Gasteiger partial charge < -0.3 is 10.0 Å². The summed E-state index contributed by atoms with van der Waals surface area (Å²) >= 11 is 1.78. The van der Waals surface area contributed by atoms with Gasteiger partial charge in [0.25, 0.3) is 0 Å². The molecule has 1 aliphatic rings. The van der Waals surface area contributed by atoms with Crippen molar-refractivity contribution >= 4 is 17.0 Å². The van der Waals surface area contributed by atoms with Crippen LogP contribution < -0.4 is 4.90 Å². The van der Waals surface area contributed by atoms with Crippen LogP contribution in [0.5, 0.6) is 0 Å². The summed E-state index contributed by atoms with van der Waals surface area (Å²) in [6, 6.07) is 7.12. The van der Waals surface area contributed by atoms with Crippen molar-refractivity contribution in [2.45, 2.75) is 26.0 Å². The van der Waals surface area contributed by atoms with E-state index < -0.39 is 6.10 Å². The Morgan fingerprint density at radius 1 is 1.37 bits per heavy atom. The van der Waals surface area contributed by atoms with Crippen LogP contribution in [0.3, 0.4) is 0 Å². The molecule has 1 atom stereocenters. The molecule has 0 unspecified atom stereocenters. The molecule has 0 saturated carbocycles.